The van der Waals surface area contributed by atoms with Gasteiger partial charge in [0.25, 0.3) is 0 Å². The van der Waals surface area contributed by atoms with Crippen molar-refractivity contribution in [2.75, 3.05) is 9.80 Å². The third-order valence-corrected chi connectivity index (χ3v) is 12.3. The Morgan fingerprint density at radius 3 is 1.46 bits per heavy atom. The van der Waals surface area contributed by atoms with E-state index in [4.69, 9.17) is 0 Å². The number of nitrogens with zero attached hydrogens (tertiary/aromatic N) is 2. The van der Waals surface area contributed by atoms with Crippen LogP contribution in [-0.4, -0.2) is 0 Å². The molecule has 1 heterocycles. The summed E-state index contributed by atoms with van der Waals surface area (Å²) in [5.74, 6) is 0. The van der Waals surface area contributed by atoms with Gasteiger partial charge in [0.1, 0.15) is 0 Å². The Morgan fingerprint density at radius 1 is 0.298 bits per heavy atom. The van der Waals surface area contributed by atoms with Gasteiger partial charge in [-0.1, -0.05) is 152 Å². The second kappa shape index (κ2) is 13.8. The van der Waals surface area contributed by atoms with Crippen LogP contribution in [0.5, 0.6) is 0 Å². The molecule has 0 saturated carbocycles. The lowest BCUT2D eigenvalue weighted by molar-refractivity contribution is 1.24. The Kier molecular flexibility index (Phi) is 8.04. The smallest absolute Gasteiger partial charge is 0.0796 e. The maximum Gasteiger partial charge on any atom is 0.0796 e. The molecule has 0 atom stereocenters. The van der Waals surface area contributed by atoms with Crippen molar-refractivity contribution in [1.29, 1.82) is 0 Å². The topological polar surface area (TPSA) is 6.48 Å². The van der Waals surface area contributed by atoms with E-state index >= 15 is 0 Å². The molecule has 0 saturated heterocycles. The molecule has 0 amide bonds. The molecule has 0 radical (unpaired) electrons. The van der Waals surface area contributed by atoms with E-state index in [1.807, 2.05) is 11.3 Å². The molecule has 57 heavy (non-hydrogen) atoms. The zero-order valence-electron chi connectivity index (χ0n) is 31.1. The fraction of sp³-hybridized carbons (Fsp3) is 0. The highest BCUT2D eigenvalue weighted by molar-refractivity contribution is 7.26. The van der Waals surface area contributed by atoms with Crippen LogP contribution >= 0.6 is 11.3 Å². The van der Waals surface area contributed by atoms with E-state index in [9.17, 15) is 0 Å². The van der Waals surface area contributed by atoms with Crippen LogP contribution in [0, 0.1) is 0 Å². The van der Waals surface area contributed by atoms with Crippen molar-refractivity contribution < 1.29 is 0 Å². The van der Waals surface area contributed by atoms with Gasteiger partial charge in [-0.25, -0.2) is 0 Å². The van der Waals surface area contributed by atoms with Crippen molar-refractivity contribution in [1.82, 2.24) is 0 Å². The van der Waals surface area contributed by atoms with Gasteiger partial charge < -0.3 is 9.80 Å². The van der Waals surface area contributed by atoms with Crippen molar-refractivity contribution in [3.63, 3.8) is 0 Å². The number of hydrogen-bond donors (Lipinski definition) is 0. The molecule has 11 rings (SSSR count). The minimum absolute atomic E-state index is 1.09. The largest absolute Gasteiger partial charge is 0.308 e. The van der Waals surface area contributed by atoms with Crippen LogP contribution < -0.4 is 9.80 Å². The third-order valence-electron chi connectivity index (χ3n) is 11.2. The lowest BCUT2D eigenvalue weighted by Gasteiger charge is -2.34. The van der Waals surface area contributed by atoms with Gasteiger partial charge in [0.05, 0.1) is 11.4 Å². The van der Waals surface area contributed by atoms with Gasteiger partial charge in [-0.05, 0) is 110 Å². The molecule has 0 fully saturated rings. The molecule has 10 aromatic carbocycles. The van der Waals surface area contributed by atoms with Crippen LogP contribution in [0.4, 0.5) is 34.1 Å². The highest BCUT2D eigenvalue weighted by Crippen LogP contribution is 2.54. The Hall–Kier alpha value is -7.20. The summed E-state index contributed by atoms with van der Waals surface area (Å²) in [6.45, 7) is 0. The number of benzene rings is 10. The molecular weight excluding hydrogens is 709 g/mol. The maximum absolute atomic E-state index is 2.50. The second-order valence-corrected chi connectivity index (χ2v) is 15.6. The van der Waals surface area contributed by atoms with Crippen LogP contribution in [0.3, 0.4) is 0 Å². The summed E-state index contributed by atoms with van der Waals surface area (Å²) in [6, 6.07) is 79.6. The minimum atomic E-state index is 1.09. The molecule has 0 aliphatic carbocycles. The normalized spacial score (nSPS) is 11.5. The van der Waals surface area contributed by atoms with Crippen molar-refractivity contribution in [2.45, 2.75) is 0 Å². The first-order valence-electron chi connectivity index (χ1n) is 19.4. The van der Waals surface area contributed by atoms with E-state index in [1.54, 1.807) is 0 Å². The number of hydrogen-bond acceptors (Lipinski definition) is 3. The molecule has 0 aliphatic rings. The van der Waals surface area contributed by atoms with Crippen LogP contribution in [-0.2, 0) is 0 Å². The first kappa shape index (κ1) is 33.2. The number of rotatable bonds is 7. The summed E-state index contributed by atoms with van der Waals surface area (Å²) >= 11 is 1.87. The highest BCUT2D eigenvalue weighted by atomic mass is 32.1. The van der Waals surface area contributed by atoms with Crippen molar-refractivity contribution in [2.24, 2.45) is 0 Å². The summed E-state index contributed by atoms with van der Waals surface area (Å²) in [7, 11) is 0. The lowest BCUT2D eigenvalue weighted by atomic mass is 9.99. The Labute approximate surface area is 335 Å². The molecule has 3 heteroatoms. The Morgan fingerprint density at radius 2 is 0.772 bits per heavy atom. The second-order valence-electron chi connectivity index (χ2n) is 14.6. The fourth-order valence-corrected chi connectivity index (χ4v) is 9.61. The van der Waals surface area contributed by atoms with Gasteiger partial charge in [0, 0.05) is 42.9 Å². The molecule has 1 aromatic heterocycles. The molecule has 0 bridgehead atoms. The predicted octanol–water partition coefficient (Wildman–Crippen LogP) is 16.1. The minimum Gasteiger partial charge on any atom is -0.308 e. The summed E-state index contributed by atoms with van der Waals surface area (Å²) < 4.78 is 2.52. The number of fused-ring (bicyclic) bond motifs is 7. The van der Waals surface area contributed by atoms with Crippen molar-refractivity contribution >= 4 is 98.0 Å². The number of thiophene rings is 1. The van der Waals surface area contributed by atoms with Gasteiger partial charge >= 0.3 is 0 Å². The predicted molar refractivity (Wildman–Crippen MR) is 247 cm³/mol. The maximum atomic E-state index is 2.50. The third kappa shape index (κ3) is 5.80. The summed E-state index contributed by atoms with van der Waals surface area (Å²) in [6.07, 6.45) is 0. The average Bonchev–Trinajstić information content (AvgIpc) is 3.67. The molecule has 0 N–H and O–H groups in total. The lowest BCUT2D eigenvalue weighted by Crippen LogP contribution is -2.17. The SMILES string of the molecule is c1ccc(-c2ccc(N(c3ccc4ccccc4c3)c3c(N(c4ccccc4)c4ccc5ccccc5c4)ccc4sc5ccc6ccccc6c5c34)cc2)cc1. The highest BCUT2D eigenvalue weighted by Gasteiger charge is 2.27. The van der Waals surface area contributed by atoms with Crippen molar-refractivity contribution in [3.05, 3.63) is 218 Å². The Bertz CT molecular complexity index is 3240. The monoisotopic (exact) mass is 744 g/mol. The number of anilines is 6. The van der Waals surface area contributed by atoms with Crippen LogP contribution in [0.25, 0.3) is 63.6 Å². The molecule has 2 nitrogen and oxygen atoms in total. The summed E-state index contributed by atoms with van der Waals surface area (Å²) in [4.78, 5) is 4.95. The average molecular weight is 745 g/mol. The molecule has 0 spiro atoms. The molecule has 0 unspecified atom stereocenters. The summed E-state index contributed by atoms with van der Waals surface area (Å²) in [5.41, 5.74) is 8.99. The Balaban J connectivity index is 1.28. The van der Waals surface area contributed by atoms with Gasteiger partial charge in [-0.3, -0.25) is 0 Å². The van der Waals surface area contributed by atoms with Gasteiger partial charge in [0.2, 0.25) is 0 Å². The first-order chi connectivity index (χ1) is 28.3. The zero-order chi connectivity index (χ0) is 37.7. The van der Waals surface area contributed by atoms with E-state index in [0.29, 0.717) is 0 Å². The zero-order valence-corrected chi connectivity index (χ0v) is 31.9. The number of para-hydroxylation sites is 1. The van der Waals surface area contributed by atoms with E-state index in [2.05, 4.69) is 228 Å². The van der Waals surface area contributed by atoms with E-state index in [-0.39, 0.29) is 0 Å². The standard InChI is InChI=1S/C54H36N2S/c1-3-13-37(14-4-1)40-23-28-45(29-24-40)56(47-31-26-39-16-8-10-19-43(39)36-47)54-49(32-34-51-53(54)52-48-22-12-11-17-41(48)27-33-50(52)57-51)55(44-20-5-2-6-21-44)46-30-25-38-15-7-9-18-42(38)35-46/h1-36H. The van der Waals surface area contributed by atoms with E-state index in [0.717, 1.165) is 34.1 Å². The summed E-state index contributed by atoms with van der Waals surface area (Å²) in [5, 5.41) is 9.85. The first-order valence-corrected chi connectivity index (χ1v) is 20.2. The molecule has 0 aliphatic heterocycles. The van der Waals surface area contributed by atoms with E-state index in [1.165, 1.54) is 63.6 Å². The molecule has 268 valence electrons. The van der Waals surface area contributed by atoms with E-state index < -0.39 is 0 Å². The van der Waals surface area contributed by atoms with Crippen LogP contribution in [0.15, 0.2) is 218 Å². The molecule has 11 aromatic rings. The van der Waals surface area contributed by atoms with Crippen molar-refractivity contribution in [3.8, 4) is 11.1 Å². The van der Waals surface area contributed by atoms with Gasteiger partial charge in [-0.2, -0.15) is 0 Å². The van der Waals surface area contributed by atoms with Gasteiger partial charge in [-0.15, -0.1) is 11.3 Å². The van der Waals surface area contributed by atoms with Crippen LogP contribution in [0.1, 0.15) is 0 Å². The molecular formula is C54H36N2S. The van der Waals surface area contributed by atoms with Gasteiger partial charge in [0.15, 0.2) is 0 Å². The van der Waals surface area contributed by atoms with Crippen LogP contribution in [0.2, 0.25) is 0 Å². The quantitative estimate of drug-likeness (QED) is 0.160. The fourth-order valence-electron chi connectivity index (χ4n) is 8.48.